The molecule has 0 amide bonds. The third kappa shape index (κ3) is 3.43. The highest BCUT2D eigenvalue weighted by molar-refractivity contribution is 6.43. The third-order valence-corrected chi connectivity index (χ3v) is 2.92. The number of Topliss-reactive ketones (excluding diaryl/α,β-unsaturated/α-hetero) is 1. The Hall–Kier alpha value is -1.64. The molecule has 0 heterocycles. The van der Waals surface area contributed by atoms with Crippen LogP contribution >= 0.6 is 23.2 Å². The molecule has 0 radical (unpaired) electrons. The van der Waals surface area contributed by atoms with Gasteiger partial charge < -0.3 is 4.74 Å². The highest BCUT2D eigenvalue weighted by Crippen LogP contribution is 2.23. The van der Waals surface area contributed by atoms with Crippen molar-refractivity contribution in [3.63, 3.8) is 0 Å². The SMILES string of the molecule is CCOC(=O)C(Cl)C(=O)c1cc(F)c(Cl)c(C#N)c1. The second-order valence-electron chi connectivity index (χ2n) is 3.41. The van der Waals surface area contributed by atoms with Crippen LogP contribution in [0, 0.1) is 17.1 Å². The molecule has 7 heteroatoms. The van der Waals surface area contributed by atoms with Crippen molar-refractivity contribution in [2.75, 3.05) is 6.61 Å². The molecule has 1 unspecified atom stereocenters. The van der Waals surface area contributed by atoms with E-state index in [2.05, 4.69) is 4.74 Å². The summed E-state index contributed by atoms with van der Waals surface area (Å²) in [5.74, 6) is -2.72. The number of benzene rings is 1. The molecule has 0 aliphatic rings. The van der Waals surface area contributed by atoms with Gasteiger partial charge in [0.1, 0.15) is 11.9 Å². The lowest BCUT2D eigenvalue weighted by Crippen LogP contribution is -2.27. The van der Waals surface area contributed by atoms with Gasteiger partial charge in [0.15, 0.2) is 11.2 Å². The van der Waals surface area contributed by atoms with Crippen LogP contribution < -0.4 is 0 Å². The van der Waals surface area contributed by atoms with Gasteiger partial charge in [0.25, 0.3) is 0 Å². The van der Waals surface area contributed by atoms with E-state index in [1.165, 1.54) is 0 Å². The number of ketones is 1. The lowest BCUT2D eigenvalue weighted by molar-refractivity contribution is -0.141. The molecular formula is C12H8Cl2FNO3. The molecule has 19 heavy (non-hydrogen) atoms. The van der Waals surface area contributed by atoms with Gasteiger partial charge in [0.05, 0.1) is 17.2 Å². The molecule has 1 rings (SSSR count). The zero-order chi connectivity index (χ0) is 14.6. The first kappa shape index (κ1) is 15.4. The third-order valence-electron chi connectivity index (χ3n) is 2.16. The van der Waals surface area contributed by atoms with Crippen LogP contribution in [0.2, 0.25) is 5.02 Å². The number of hydrogen-bond acceptors (Lipinski definition) is 4. The quantitative estimate of drug-likeness (QED) is 0.371. The van der Waals surface area contributed by atoms with Gasteiger partial charge in [-0.25, -0.2) is 9.18 Å². The number of rotatable bonds is 4. The van der Waals surface area contributed by atoms with Crippen LogP contribution in [-0.4, -0.2) is 23.7 Å². The molecule has 0 saturated heterocycles. The summed E-state index contributed by atoms with van der Waals surface area (Å²) >= 11 is 11.1. The largest absolute Gasteiger partial charge is 0.465 e. The Kier molecular flexibility index (Phi) is 5.28. The molecular weight excluding hydrogens is 296 g/mol. The smallest absolute Gasteiger partial charge is 0.332 e. The molecule has 0 saturated carbocycles. The van der Waals surface area contributed by atoms with Crippen LogP contribution in [0.25, 0.3) is 0 Å². The summed E-state index contributed by atoms with van der Waals surface area (Å²) < 4.78 is 18.0. The molecule has 100 valence electrons. The maximum absolute atomic E-state index is 13.4. The molecule has 0 spiro atoms. The van der Waals surface area contributed by atoms with E-state index in [0.717, 1.165) is 12.1 Å². The van der Waals surface area contributed by atoms with Crippen molar-refractivity contribution in [2.45, 2.75) is 12.3 Å². The molecule has 0 aliphatic heterocycles. The zero-order valence-electron chi connectivity index (χ0n) is 9.75. The molecule has 0 N–H and O–H groups in total. The summed E-state index contributed by atoms with van der Waals surface area (Å²) in [4.78, 5) is 23.1. The first-order valence-electron chi connectivity index (χ1n) is 5.16. The predicted octanol–water partition coefficient (Wildman–Crippen LogP) is 2.70. The zero-order valence-corrected chi connectivity index (χ0v) is 11.3. The van der Waals surface area contributed by atoms with Gasteiger partial charge in [-0.2, -0.15) is 5.26 Å². The summed E-state index contributed by atoms with van der Waals surface area (Å²) in [6.45, 7) is 1.62. The van der Waals surface area contributed by atoms with E-state index in [9.17, 15) is 14.0 Å². The number of nitriles is 1. The van der Waals surface area contributed by atoms with Gasteiger partial charge >= 0.3 is 5.97 Å². The lowest BCUT2D eigenvalue weighted by atomic mass is 10.0. The van der Waals surface area contributed by atoms with Gasteiger partial charge in [-0.3, -0.25) is 4.79 Å². The van der Waals surface area contributed by atoms with Crippen molar-refractivity contribution in [1.82, 2.24) is 0 Å². The first-order chi connectivity index (χ1) is 8.92. The van der Waals surface area contributed by atoms with Crippen molar-refractivity contribution >= 4 is 35.0 Å². The Morgan fingerprint density at radius 2 is 2.16 bits per heavy atom. The summed E-state index contributed by atoms with van der Waals surface area (Å²) in [6.07, 6.45) is 0. The Morgan fingerprint density at radius 3 is 2.68 bits per heavy atom. The number of nitrogens with zero attached hydrogens (tertiary/aromatic N) is 1. The summed E-state index contributed by atoms with van der Waals surface area (Å²) in [5.41, 5.74) is -0.427. The Balaban J connectivity index is 3.11. The van der Waals surface area contributed by atoms with Crippen LogP contribution in [0.4, 0.5) is 4.39 Å². The minimum atomic E-state index is -1.59. The van der Waals surface area contributed by atoms with E-state index >= 15 is 0 Å². The number of carbonyl (C=O) groups excluding carboxylic acids is 2. The van der Waals surface area contributed by atoms with Crippen molar-refractivity contribution in [1.29, 1.82) is 5.26 Å². The Morgan fingerprint density at radius 1 is 1.53 bits per heavy atom. The van der Waals surface area contributed by atoms with E-state index in [4.69, 9.17) is 28.5 Å². The van der Waals surface area contributed by atoms with Crippen LogP contribution in [-0.2, 0) is 9.53 Å². The van der Waals surface area contributed by atoms with Gasteiger partial charge in [-0.05, 0) is 19.1 Å². The van der Waals surface area contributed by atoms with E-state index in [1.807, 2.05) is 0 Å². The Labute approximate surface area is 118 Å². The van der Waals surface area contributed by atoms with Crippen molar-refractivity contribution in [3.05, 3.63) is 34.1 Å². The minimum absolute atomic E-state index is 0.0633. The highest BCUT2D eigenvalue weighted by Gasteiger charge is 2.27. The molecule has 0 fully saturated rings. The lowest BCUT2D eigenvalue weighted by Gasteiger charge is -2.08. The molecule has 1 aromatic carbocycles. The van der Waals surface area contributed by atoms with Crippen LogP contribution in [0.15, 0.2) is 12.1 Å². The summed E-state index contributed by atoms with van der Waals surface area (Å²) in [5, 5.41) is 6.77. The number of hydrogen-bond donors (Lipinski definition) is 0. The average Bonchev–Trinajstić information content (AvgIpc) is 2.40. The number of alkyl halides is 1. The number of ether oxygens (including phenoxy) is 1. The normalized spacial score (nSPS) is 11.5. The maximum Gasteiger partial charge on any atom is 0.332 e. The van der Waals surface area contributed by atoms with E-state index in [-0.39, 0.29) is 22.8 Å². The average molecular weight is 304 g/mol. The van der Waals surface area contributed by atoms with Gasteiger partial charge in [0, 0.05) is 5.56 Å². The first-order valence-corrected chi connectivity index (χ1v) is 5.97. The van der Waals surface area contributed by atoms with E-state index < -0.39 is 22.9 Å². The monoisotopic (exact) mass is 303 g/mol. The molecule has 1 aromatic rings. The second-order valence-corrected chi connectivity index (χ2v) is 4.22. The molecule has 0 aliphatic carbocycles. The van der Waals surface area contributed by atoms with Crippen molar-refractivity contribution in [2.24, 2.45) is 0 Å². The number of halogens is 3. The van der Waals surface area contributed by atoms with Crippen molar-refractivity contribution < 1.29 is 18.7 Å². The van der Waals surface area contributed by atoms with Gasteiger partial charge in [-0.15, -0.1) is 11.6 Å². The number of esters is 1. The van der Waals surface area contributed by atoms with E-state index in [0.29, 0.717) is 0 Å². The highest BCUT2D eigenvalue weighted by atomic mass is 35.5. The van der Waals surface area contributed by atoms with Gasteiger partial charge in [0.2, 0.25) is 0 Å². The van der Waals surface area contributed by atoms with Crippen LogP contribution in [0.3, 0.4) is 0 Å². The maximum atomic E-state index is 13.4. The number of carbonyl (C=O) groups is 2. The molecule has 4 nitrogen and oxygen atoms in total. The van der Waals surface area contributed by atoms with Crippen molar-refractivity contribution in [3.8, 4) is 6.07 Å². The molecule has 0 bridgehead atoms. The van der Waals surface area contributed by atoms with Gasteiger partial charge in [-0.1, -0.05) is 11.6 Å². The topological polar surface area (TPSA) is 67.2 Å². The molecule has 0 aromatic heterocycles. The predicted molar refractivity (Wildman–Crippen MR) is 66.7 cm³/mol. The second kappa shape index (κ2) is 6.50. The molecule has 1 atom stereocenters. The fraction of sp³-hybridized carbons (Fsp3) is 0.250. The summed E-state index contributed by atoms with van der Waals surface area (Å²) in [7, 11) is 0. The minimum Gasteiger partial charge on any atom is -0.465 e. The standard InChI is InChI=1S/C12H8Cl2FNO3/c1-2-19-12(18)10(14)11(17)6-3-7(5-16)9(13)8(15)4-6/h3-4,10H,2H2,1H3. The Bertz CT molecular complexity index is 569. The fourth-order valence-corrected chi connectivity index (χ4v) is 1.62. The van der Waals surface area contributed by atoms with Crippen LogP contribution in [0.5, 0.6) is 0 Å². The fourth-order valence-electron chi connectivity index (χ4n) is 1.28. The van der Waals surface area contributed by atoms with E-state index in [1.54, 1.807) is 13.0 Å². The van der Waals surface area contributed by atoms with Crippen LogP contribution in [0.1, 0.15) is 22.8 Å². The summed E-state index contributed by atoms with van der Waals surface area (Å²) in [6, 6.07) is 3.53.